The molecular formula is C6H19N. The van der Waals surface area contributed by atoms with Crippen LogP contribution in [0.15, 0.2) is 0 Å². The summed E-state index contributed by atoms with van der Waals surface area (Å²) in [6, 6.07) is 0. The Morgan fingerprint density at radius 2 is 1.14 bits per heavy atom. The molecule has 0 atom stereocenters. The molecule has 0 fully saturated rings. The highest BCUT2D eigenvalue weighted by atomic mass is 14.7. The molecular weight excluding hydrogens is 86.1 g/mol. The molecule has 48 valence electrons. The highest BCUT2D eigenvalue weighted by molar-refractivity contribution is 4.60. The van der Waals surface area contributed by atoms with E-state index in [4.69, 9.17) is 5.73 Å². The first-order chi connectivity index (χ1) is 3.00. The summed E-state index contributed by atoms with van der Waals surface area (Å²) in [4.78, 5) is 0. The van der Waals surface area contributed by atoms with Gasteiger partial charge in [0.1, 0.15) is 0 Å². The van der Waals surface area contributed by atoms with Crippen LogP contribution in [0.2, 0.25) is 0 Å². The van der Waals surface area contributed by atoms with Gasteiger partial charge in [-0.15, -0.1) is 0 Å². The number of rotatable bonds is 0. The van der Waals surface area contributed by atoms with Gasteiger partial charge in [0.05, 0.1) is 0 Å². The van der Waals surface area contributed by atoms with Gasteiger partial charge in [-0.3, -0.25) is 0 Å². The Hall–Kier alpha value is -0.0400. The molecule has 0 aliphatic heterocycles. The quantitative estimate of drug-likeness (QED) is 0.501. The second kappa shape index (κ2) is 4.13. The zero-order valence-electron chi connectivity index (χ0n) is 6.08. The average molecular weight is 105 g/mol. The Labute approximate surface area is 48.4 Å². The lowest BCUT2D eigenvalue weighted by atomic mass is 10.1. The van der Waals surface area contributed by atoms with Gasteiger partial charge in [-0.25, -0.2) is 0 Å². The maximum absolute atomic E-state index is 5.35. The van der Waals surface area contributed by atoms with Gasteiger partial charge in [0, 0.05) is 6.97 Å². The van der Waals surface area contributed by atoms with Gasteiger partial charge in [0.2, 0.25) is 0 Å². The Balaban J connectivity index is -0.0000000750. The Morgan fingerprint density at radius 1 is 1.14 bits per heavy atom. The molecule has 0 radical (unpaired) electrons. The zero-order valence-corrected chi connectivity index (χ0v) is 6.08. The van der Waals surface area contributed by atoms with Crippen LogP contribution in [0.1, 0.15) is 36.0 Å². The third-order valence-corrected chi connectivity index (χ3v) is 0. The van der Waals surface area contributed by atoms with E-state index in [-0.39, 0.29) is 6.97 Å². The molecule has 2 N–H and O–H groups in total. The van der Waals surface area contributed by atoms with Crippen LogP contribution in [-0.2, 0) is 0 Å². The third-order valence-electron chi connectivity index (χ3n) is 0. The van der Waals surface area contributed by atoms with Crippen LogP contribution in [-0.4, -0.2) is 5.54 Å². The minimum atomic E-state index is 0. The van der Waals surface area contributed by atoms with Gasteiger partial charge in [-0.05, 0) is 20.8 Å². The molecule has 0 aromatic heterocycles. The fraction of sp³-hybridized carbons (Fsp3) is 1.00. The van der Waals surface area contributed by atoms with Crippen LogP contribution >= 0.6 is 0 Å². The van der Waals surface area contributed by atoms with Crippen molar-refractivity contribution in [2.45, 2.75) is 40.2 Å². The molecule has 0 amide bonds. The second-order valence-electron chi connectivity index (χ2n) is 2.37. The predicted molar refractivity (Wildman–Crippen MR) is 37.4 cm³/mol. The van der Waals surface area contributed by atoms with Crippen molar-refractivity contribution in [1.29, 1.82) is 0 Å². The fourth-order valence-corrected chi connectivity index (χ4v) is 0. The summed E-state index contributed by atoms with van der Waals surface area (Å²) >= 11 is 0. The lowest BCUT2D eigenvalue weighted by Crippen LogP contribution is -2.26. The van der Waals surface area contributed by atoms with E-state index < -0.39 is 0 Å². The van der Waals surface area contributed by atoms with Crippen LogP contribution in [0.3, 0.4) is 0 Å². The summed E-state index contributed by atoms with van der Waals surface area (Å²) in [7, 11) is 0. The molecule has 0 bridgehead atoms. The Morgan fingerprint density at radius 3 is 1.14 bits per heavy atom. The SMILES string of the molecule is CC.CC(C)(C)N.[HH]. The molecule has 0 aromatic rings. The van der Waals surface area contributed by atoms with E-state index in [1.807, 2.05) is 34.6 Å². The molecule has 0 saturated carbocycles. The molecule has 0 spiro atoms. The van der Waals surface area contributed by atoms with Crippen molar-refractivity contribution < 1.29 is 1.43 Å². The van der Waals surface area contributed by atoms with E-state index >= 15 is 0 Å². The summed E-state index contributed by atoms with van der Waals surface area (Å²) in [5, 5.41) is 0. The smallest absolute Gasteiger partial charge is 0.00686 e. The van der Waals surface area contributed by atoms with E-state index in [9.17, 15) is 0 Å². The van der Waals surface area contributed by atoms with Crippen molar-refractivity contribution in [3.63, 3.8) is 0 Å². The van der Waals surface area contributed by atoms with E-state index in [0.717, 1.165) is 0 Å². The summed E-state index contributed by atoms with van der Waals surface area (Å²) in [5.74, 6) is 0. The summed E-state index contributed by atoms with van der Waals surface area (Å²) in [6.45, 7) is 9.90. The van der Waals surface area contributed by atoms with Crippen molar-refractivity contribution in [3.8, 4) is 0 Å². The van der Waals surface area contributed by atoms with Crippen molar-refractivity contribution in [3.05, 3.63) is 0 Å². The normalized spacial score (nSPS) is 9.43. The first-order valence-electron chi connectivity index (χ1n) is 2.79. The van der Waals surface area contributed by atoms with Crippen molar-refractivity contribution in [1.82, 2.24) is 0 Å². The monoisotopic (exact) mass is 105 g/mol. The van der Waals surface area contributed by atoms with E-state index in [2.05, 4.69) is 0 Å². The molecule has 7 heavy (non-hydrogen) atoms. The highest BCUT2D eigenvalue weighted by Crippen LogP contribution is 1.88. The molecule has 0 aromatic carbocycles. The van der Waals surface area contributed by atoms with Crippen LogP contribution in [0.25, 0.3) is 0 Å². The van der Waals surface area contributed by atoms with E-state index in [1.54, 1.807) is 0 Å². The standard InChI is InChI=1S/C4H11N.C2H6.H2/c1-4(2,3)5;1-2;/h5H2,1-3H3;1-2H3;1H. The van der Waals surface area contributed by atoms with Gasteiger partial charge in [0.15, 0.2) is 0 Å². The Kier molecular flexibility index (Phi) is 5.93. The summed E-state index contributed by atoms with van der Waals surface area (Å²) < 4.78 is 0. The van der Waals surface area contributed by atoms with Crippen molar-refractivity contribution in [2.75, 3.05) is 0 Å². The van der Waals surface area contributed by atoms with Gasteiger partial charge < -0.3 is 5.73 Å². The fourth-order valence-electron chi connectivity index (χ4n) is 0. The largest absolute Gasteiger partial charge is 0.326 e. The van der Waals surface area contributed by atoms with Crippen molar-refractivity contribution >= 4 is 0 Å². The molecule has 1 nitrogen and oxygen atoms in total. The molecule has 0 rings (SSSR count). The topological polar surface area (TPSA) is 26.0 Å². The van der Waals surface area contributed by atoms with Crippen LogP contribution in [0, 0.1) is 0 Å². The number of nitrogens with two attached hydrogens (primary N) is 1. The van der Waals surface area contributed by atoms with Gasteiger partial charge in [-0.2, -0.15) is 0 Å². The van der Waals surface area contributed by atoms with E-state index in [0.29, 0.717) is 0 Å². The molecule has 0 saturated heterocycles. The van der Waals surface area contributed by atoms with E-state index in [1.165, 1.54) is 0 Å². The summed E-state index contributed by atoms with van der Waals surface area (Å²) in [5.41, 5.74) is 5.35. The second-order valence-corrected chi connectivity index (χ2v) is 2.37. The lowest BCUT2D eigenvalue weighted by Gasteiger charge is -2.06. The van der Waals surface area contributed by atoms with Gasteiger partial charge >= 0.3 is 0 Å². The zero-order chi connectivity index (χ0) is 6.50. The molecule has 0 aliphatic carbocycles. The van der Waals surface area contributed by atoms with Crippen molar-refractivity contribution in [2.24, 2.45) is 5.73 Å². The molecule has 0 aliphatic rings. The molecule has 0 heterocycles. The maximum Gasteiger partial charge on any atom is 0.00686 e. The van der Waals surface area contributed by atoms with Crippen LogP contribution in [0.5, 0.6) is 0 Å². The predicted octanol–water partition coefficient (Wildman–Crippen LogP) is 2.02. The minimum absolute atomic E-state index is 0. The van der Waals surface area contributed by atoms with Crippen LogP contribution in [0.4, 0.5) is 0 Å². The number of hydrogen-bond donors (Lipinski definition) is 1. The average Bonchev–Trinajstić information content (AvgIpc) is 1.36. The van der Waals surface area contributed by atoms with Crippen LogP contribution < -0.4 is 5.73 Å². The van der Waals surface area contributed by atoms with Gasteiger partial charge in [0.25, 0.3) is 0 Å². The number of hydrogen-bond acceptors (Lipinski definition) is 1. The maximum atomic E-state index is 5.35. The lowest BCUT2D eigenvalue weighted by molar-refractivity contribution is 0.580. The first kappa shape index (κ1) is 10.0. The molecule has 0 unspecified atom stereocenters. The van der Waals surface area contributed by atoms with Gasteiger partial charge in [-0.1, -0.05) is 13.8 Å². The summed E-state index contributed by atoms with van der Waals surface area (Å²) in [6.07, 6.45) is 0. The third kappa shape index (κ3) is 58400. The highest BCUT2D eigenvalue weighted by Gasteiger charge is 1.95. The first-order valence-corrected chi connectivity index (χ1v) is 2.79. The minimum Gasteiger partial charge on any atom is -0.326 e. The molecule has 1 heteroatoms. The Bertz CT molecular complexity index is 24.0.